The molecule has 0 heterocycles. The summed E-state index contributed by atoms with van der Waals surface area (Å²) in [5, 5.41) is 11.5. The van der Waals surface area contributed by atoms with Crippen LogP contribution < -0.4 is 18.9 Å². The molecule has 0 aromatic heterocycles. The Kier molecular flexibility index (Phi) is 8.75. The molecule has 3 aromatic rings. The van der Waals surface area contributed by atoms with Crippen LogP contribution in [0.5, 0.6) is 17.2 Å². The molecule has 1 unspecified atom stereocenters. The highest BCUT2D eigenvalue weighted by Crippen LogP contribution is 2.43. The maximum atomic E-state index is 11.9. The Bertz CT molecular complexity index is 1270. The average Bonchev–Trinajstić information content (AvgIpc) is 2.84. The summed E-state index contributed by atoms with van der Waals surface area (Å²) in [5.74, 6) is 1.56. The Morgan fingerprint density at radius 2 is 1.77 bits per heavy atom. The van der Waals surface area contributed by atoms with E-state index >= 15 is 0 Å². The Balaban J connectivity index is 2.20. The van der Waals surface area contributed by atoms with Crippen LogP contribution in [0.1, 0.15) is 17.2 Å². The van der Waals surface area contributed by atoms with Gasteiger partial charge in [-0.25, -0.2) is 8.42 Å². The van der Waals surface area contributed by atoms with Crippen LogP contribution >= 0.6 is 0 Å². The molecular formula is C26H29NO7S. The second-order valence-corrected chi connectivity index (χ2v) is 9.38. The van der Waals surface area contributed by atoms with Gasteiger partial charge in [-0.3, -0.25) is 4.72 Å². The Labute approximate surface area is 205 Å². The van der Waals surface area contributed by atoms with Crippen molar-refractivity contribution in [1.29, 1.82) is 0 Å². The molecule has 0 fully saturated rings. The van der Waals surface area contributed by atoms with Gasteiger partial charge in [0.05, 0.1) is 18.9 Å². The zero-order valence-electron chi connectivity index (χ0n) is 19.9. The van der Waals surface area contributed by atoms with Crippen LogP contribution in [0.25, 0.3) is 11.1 Å². The van der Waals surface area contributed by atoms with E-state index in [0.717, 1.165) is 6.26 Å². The van der Waals surface area contributed by atoms with E-state index in [1.807, 2.05) is 0 Å². The summed E-state index contributed by atoms with van der Waals surface area (Å²) in [6, 6.07) is 17.3. The van der Waals surface area contributed by atoms with Gasteiger partial charge in [0.2, 0.25) is 10.0 Å². The number of rotatable bonds is 12. The van der Waals surface area contributed by atoms with Crippen LogP contribution in [0.2, 0.25) is 0 Å². The van der Waals surface area contributed by atoms with Crippen molar-refractivity contribution in [3.63, 3.8) is 0 Å². The van der Waals surface area contributed by atoms with Gasteiger partial charge < -0.3 is 24.1 Å². The van der Waals surface area contributed by atoms with Crippen molar-refractivity contribution in [2.45, 2.75) is 6.10 Å². The minimum absolute atomic E-state index is 0.00839. The number of nitrogens with one attached hydrogen (secondary N) is 1. The SMILES string of the molecule is C=CCOc1cccc(C(O)c2cc(NS(C)(=O)=O)ccc2-c2c(OC)cccc2OCOC)c1. The Hall–Kier alpha value is -3.53. The molecule has 0 radical (unpaired) electrons. The molecule has 1 atom stereocenters. The van der Waals surface area contributed by atoms with E-state index in [0.29, 0.717) is 51.8 Å². The van der Waals surface area contributed by atoms with Gasteiger partial charge in [0.1, 0.15) is 30.0 Å². The minimum atomic E-state index is -3.54. The molecule has 2 N–H and O–H groups in total. The minimum Gasteiger partial charge on any atom is -0.496 e. The molecule has 3 rings (SSSR count). The Morgan fingerprint density at radius 1 is 1.03 bits per heavy atom. The number of hydrogen-bond donors (Lipinski definition) is 2. The summed E-state index contributed by atoms with van der Waals surface area (Å²) in [4.78, 5) is 0. The molecular weight excluding hydrogens is 470 g/mol. The topological polar surface area (TPSA) is 103 Å². The molecule has 8 nitrogen and oxygen atoms in total. The fourth-order valence-corrected chi connectivity index (χ4v) is 4.15. The van der Waals surface area contributed by atoms with Crippen LogP contribution in [0.3, 0.4) is 0 Å². The molecule has 0 saturated carbocycles. The standard InChI is InChI=1S/C26H29NO7S/c1-5-14-33-20-9-6-8-18(15-20)26(28)22-16-19(27-35(4,29)30)12-13-21(22)25-23(32-3)10-7-11-24(25)34-17-31-2/h5-13,15-16,26-28H,1,14,17H2,2-4H3. The summed E-state index contributed by atoms with van der Waals surface area (Å²) in [6.45, 7) is 3.98. The van der Waals surface area contributed by atoms with Gasteiger partial charge in [-0.1, -0.05) is 36.9 Å². The van der Waals surface area contributed by atoms with Crippen LogP contribution in [0, 0.1) is 0 Å². The second-order valence-electron chi connectivity index (χ2n) is 7.64. The Morgan fingerprint density at radius 3 is 2.46 bits per heavy atom. The highest BCUT2D eigenvalue weighted by atomic mass is 32.2. The largest absolute Gasteiger partial charge is 0.496 e. The number of aliphatic hydroxyl groups excluding tert-OH is 1. The third-order valence-electron chi connectivity index (χ3n) is 5.00. The first-order valence-electron chi connectivity index (χ1n) is 10.7. The molecule has 0 spiro atoms. The first kappa shape index (κ1) is 26.1. The monoisotopic (exact) mass is 499 g/mol. The predicted octanol–water partition coefficient (Wildman–Crippen LogP) is 4.36. The molecule has 186 valence electrons. The van der Waals surface area contributed by atoms with Crippen molar-refractivity contribution in [3.05, 3.63) is 84.4 Å². The number of benzene rings is 3. The molecule has 3 aromatic carbocycles. The molecule has 0 amide bonds. The van der Waals surface area contributed by atoms with Crippen molar-refractivity contribution < 1.29 is 32.5 Å². The predicted molar refractivity (Wildman–Crippen MR) is 136 cm³/mol. The summed E-state index contributed by atoms with van der Waals surface area (Å²) < 4.78 is 48.3. The highest BCUT2D eigenvalue weighted by molar-refractivity contribution is 7.92. The first-order chi connectivity index (χ1) is 16.8. The summed E-state index contributed by atoms with van der Waals surface area (Å²) in [5.41, 5.74) is 2.48. The quantitative estimate of drug-likeness (QED) is 0.282. The number of hydrogen-bond acceptors (Lipinski definition) is 7. The van der Waals surface area contributed by atoms with Crippen LogP contribution in [0.4, 0.5) is 5.69 Å². The molecule has 0 aliphatic rings. The average molecular weight is 500 g/mol. The van der Waals surface area contributed by atoms with Crippen molar-refractivity contribution in [3.8, 4) is 28.4 Å². The lowest BCUT2D eigenvalue weighted by Gasteiger charge is -2.21. The smallest absolute Gasteiger partial charge is 0.229 e. The van der Waals surface area contributed by atoms with Crippen LogP contribution in [-0.2, 0) is 14.8 Å². The number of sulfonamides is 1. The van der Waals surface area contributed by atoms with Crippen LogP contribution in [0.15, 0.2) is 73.3 Å². The lowest BCUT2D eigenvalue weighted by Crippen LogP contribution is -2.11. The van der Waals surface area contributed by atoms with Crippen molar-refractivity contribution in [2.24, 2.45) is 0 Å². The maximum Gasteiger partial charge on any atom is 0.229 e. The summed E-state index contributed by atoms with van der Waals surface area (Å²) in [6.07, 6.45) is 1.57. The van der Waals surface area contributed by atoms with E-state index in [2.05, 4.69) is 11.3 Å². The van der Waals surface area contributed by atoms with Crippen molar-refractivity contribution in [2.75, 3.05) is 38.6 Å². The van der Waals surface area contributed by atoms with E-state index in [-0.39, 0.29) is 6.79 Å². The number of methoxy groups -OCH3 is 2. The number of anilines is 1. The van der Waals surface area contributed by atoms with E-state index in [1.165, 1.54) is 14.2 Å². The normalized spacial score (nSPS) is 12.0. The summed E-state index contributed by atoms with van der Waals surface area (Å²) >= 11 is 0. The van der Waals surface area contributed by atoms with E-state index in [1.54, 1.807) is 66.7 Å². The zero-order chi connectivity index (χ0) is 25.4. The van der Waals surface area contributed by atoms with E-state index in [9.17, 15) is 13.5 Å². The van der Waals surface area contributed by atoms with Crippen LogP contribution in [-0.4, -0.2) is 47.4 Å². The van der Waals surface area contributed by atoms with E-state index < -0.39 is 16.1 Å². The van der Waals surface area contributed by atoms with Gasteiger partial charge >= 0.3 is 0 Å². The second kappa shape index (κ2) is 11.7. The van der Waals surface area contributed by atoms with Gasteiger partial charge in [0.25, 0.3) is 0 Å². The van der Waals surface area contributed by atoms with Gasteiger partial charge in [-0.05, 0) is 53.1 Å². The summed E-state index contributed by atoms with van der Waals surface area (Å²) in [7, 11) is -0.486. The number of ether oxygens (including phenoxy) is 4. The maximum absolute atomic E-state index is 11.9. The van der Waals surface area contributed by atoms with Gasteiger partial charge in [-0.2, -0.15) is 0 Å². The molecule has 0 saturated heterocycles. The van der Waals surface area contributed by atoms with Gasteiger partial charge in [0.15, 0.2) is 6.79 Å². The van der Waals surface area contributed by atoms with Crippen molar-refractivity contribution >= 4 is 15.7 Å². The molecule has 0 aliphatic heterocycles. The molecule has 9 heteroatoms. The molecule has 0 bridgehead atoms. The lowest BCUT2D eigenvalue weighted by molar-refractivity contribution is 0.0514. The number of aliphatic hydroxyl groups is 1. The zero-order valence-corrected chi connectivity index (χ0v) is 20.7. The molecule has 35 heavy (non-hydrogen) atoms. The molecule has 0 aliphatic carbocycles. The highest BCUT2D eigenvalue weighted by Gasteiger charge is 2.23. The third kappa shape index (κ3) is 6.75. The third-order valence-corrected chi connectivity index (χ3v) is 5.61. The first-order valence-corrected chi connectivity index (χ1v) is 12.6. The van der Waals surface area contributed by atoms with Crippen molar-refractivity contribution in [1.82, 2.24) is 0 Å². The van der Waals surface area contributed by atoms with Gasteiger partial charge in [-0.15, -0.1) is 0 Å². The fourth-order valence-electron chi connectivity index (χ4n) is 3.59. The van der Waals surface area contributed by atoms with Gasteiger partial charge in [0, 0.05) is 12.8 Å². The van der Waals surface area contributed by atoms with E-state index in [4.69, 9.17) is 18.9 Å². The fraction of sp³-hybridized carbons (Fsp3) is 0.231. The lowest BCUT2D eigenvalue weighted by atomic mass is 9.91.